The van der Waals surface area contributed by atoms with Crippen LogP contribution in [0.2, 0.25) is 0 Å². The van der Waals surface area contributed by atoms with Gasteiger partial charge in [0, 0.05) is 38.2 Å². The summed E-state index contributed by atoms with van der Waals surface area (Å²) in [5.74, 6) is 0.574. The highest BCUT2D eigenvalue weighted by atomic mass is 32.2. The molecule has 3 rings (SSSR count). The van der Waals surface area contributed by atoms with E-state index in [-0.39, 0.29) is 22.5 Å². The van der Waals surface area contributed by atoms with Crippen LogP contribution in [0.1, 0.15) is 55.8 Å². The minimum atomic E-state index is -3.60. The van der Waals surface area contributed by atoms with Crippen LogP contribution < -0.4 is 0 Å². The Kier molecular flexibility index (Phi) is 6.55. The van der Waals surface area contributed by atoms with E-state index in [0.717, 1.165) is 6.54 Å². The Balaban J connectivity index is 1.57. The zero-order valence-electron chi connectivity index (χ0n) is 16.8. The molecular formula is C21H30N2O4S. The van der Waals surface area contributed by atoms with Crippen molar-refractivity contribution in [3.63, 3.8) is 0 Å². The normalized spacial score (nSPS) is 19.6. The Morgan fingerprint density at radius 2 is 1.61 bits per heavy atom. The van der Waals surface area contributed by atoms with Crippen molar-refractivity contribution in [3.8, 4) is 0 Å². The van der Waals surface area contributed by atoms with Crippen LogP contribution in [0.25, 0.3) is 0 Å². The number of carbonyl (C=O) groups excluding carboxylic acids is 2. The lowest BCUT2D eigenvalue weighted by molar-refractivity contribution is -0.135. The minimum absolute atomic E-state index is 0.0926. The van der Waals surface area contributed by atoms with Crippen molar-refractivity contribution in [2.45, 2.75) is 50.3 Å². The summed E-state index contributed by atoms with van der Waals surface area (Å²) in [6, 6.07) is 6.06. The SMILES string of the molecule is CC(=O)c1ccc(S(=O)(=O)N2CCC(C(=O)N(C)CC3CCCC3)CC2)cc1. The standard InChI is InChI=1S/C21H30N2O4S/c1-16(24)18-7-9-20(10-8-18)28(26,27)23-13-11-19(12-14-23)21(25)22(2)15-17-5-3-4-6-17/h7-10,17,19H,3-6,11-15H2,1-2H3. The second-order valence-corrected chi connectivity index (χ2v) is 10.1. The maximum absolute atomic E-state index is 12.9. The molecule has 1 aromatic rings. The van der Waals surface area contributed by atoms with Gasteiger partial charge >= 0.3 is 0 Å². The van der Waals surface area contributed by atoms with E-state index in [4.69, 9.17) is 0 Å². The van der Waals surface area contributed by atoms with Crippen LogP contribution in [0.3, 0.4) is 0 Å². The van der Waals surface area contributed by atoms with Crippen molar-refractivity contribution >= 4 is 21.7 Å². The fourth-order valence-electron chi connectivity index (χ4n) is 4.34. The number of hydrogen-bond donors (Lipinski definition) is 0. The maximum Gasteiger partial charge on any atom is 0.243 e. The molecule has 0 aromatic heterocycles. The van der Waals surface area contributed by atoms with Gasteiger partial charge in [-0.2, -0.15) is 4.31 Å². The summed E-state index contributed by atoms with van der Waals surface area (Å²) in [5, 5.41) is 0. The molecule has 0 bridgehead atoms. The smallest absolute Gasteiger partial charge is 0.243 e. The average molecular weight is 407 g/mol. The van der Waals surface area contributed by atoms with Crippen molar-refractivity contribution in [1.29, 1.82) is 0 Å². The summed E-state index contributed by atoms with van der Waals surface area (Å²) in [4.78, 5) is 26.2. The first-order chi connectivity index (χ1) is 13.3. The number of Topliss-reactive ketones (excluding diaryl/α,β-unsaturated/α-hetero) is 1. The van der Waals surface area contributed by atoms with Crippen LogP contribution in [-0.2, 0) is 14.8 Å². The third-order valence-corrected chi connectivity index (χ3v) is 8.00. The Bertz CT molecular complexity index is 805. The van der Waals surface area contributed by atoms with E-state index in [9.17, 15) is 18.0 Å². The predicted octanol–water partition coefficient (Wildman–Crippen LogP) is 2.94. The monoisotopic (exact) mass is 406 g/mol. The molecule has 7 heteroatoms. The van der Waals surface area contributed by atoms with Gasteiger partial charge in [0.05, 0.1) is 4.90 Å². The van der Waals surface area contributed by atoms with Gasteiger partial charge < -0.3 is 4.90 Å². The number of amides is 1. The molecule has 1 saturated carbocycles. The van der Waals surface area contributed by atoms with Crippen molar-refractivity contribution in [2.75, 3.05) is 26.7 Å². The third kappa shape index (κ3) is 4.63. The van der Waals surface area contributed by atoms with Gasteiger partial charge in [0.1, 0.15) is 0 Å². The molecule has 0 spiro atoms. The molecule has 1 aliphatic heterocycles. The molecule has 0 atom stereocenters. The molecule has 2 aliphatic rings. The topological polar surface area (TPSA) is 74.8 Å². The molecule has 1 heterocycles. The molecule has 1 aromatic carbocycles. The first-order valence-electron chi connectivity index (χ1n) is 10.1. The lowest BCUT2D eigenvalue weighted by Crippen LogP contribution is -2.44. The highest BCUT2D eigenvalue weighted by Crippen LogP contribution is 2.28. The van der Waals surface area contributed by atoms with Gasteiger partial charge in [-0.3, -0.25) is 9.59 Å². The summed E-state index contributed by atoms with van der Waals surface area (Å²) >= 11 is 0. The summed E-state index contributed by atoms with van der Waals surface area (Å²) in [6.07, 6.45) is 6.04. The number of benzene rings is 1. The summed E-state index contributed by atoms with van der Waals surface area (Å²) < 4.78 is 27.2. The zero-order chi connectivity index (χ0) is 20.3. The summed E-state index contributed by atoms with van der Waals surface area (Å²) in [7, 11) is -1.72. The van der Waals surface area contributed by atoms with E-state index in [1.165, 1.54) is 49.0 Å². The molecule has 1 aliphatic carbocycles. The number of ketones is 1. The van der Waals surface area contributed by atoms with Crippen molar-refractivity contribution < 1.29 is 18.0 Å². The van der Waals surface area contributed by atoms with Crippen molar-refractivity contribution in [1.82, 2.24) is 9.21 Å². The summed E-state index contributed by atoms with van der Waals surface area (Å²) in [5.41, 5.74) is 0.494. The summed E-state index contributed by atoms with van der Waals surface area (Å²) in [6.45, 7) is 2.98. The van der Waals surface area contributed by atoms with E-state index in [1.807, 2.05) is 11.9 Å². The molecule has 0 radical (unpaired) electrons. The fraction of sp³-hybridized carbons (Fsp3) is 0.619. The number of sulfonamides is 1. The van der Waals surface area contributed by atoms with Crippen LogP contribution in [0.5, 0.6) is 0 Å². The molecule has 154 valence electrons. The van der Waals surface area contributed by atoms with Crippen LogP contribution >= 0.6 is 0 Å². The predicted molar refractivity (Wildman–Crippen MR) is 108 cm³/mol. The van der Waals surface area contributed by atoms with Gasteiger partial charge in [0.15, 0.2) is 5.78 Å². The van der Waals surface area contributed by atoms with E-state index < -0.39 is 10.0 Å². The first kappa shape index (κ1) is 21.0. The number of carbonyl (C=O) groups is 2. The van der Waals surface area contributed by atoms with Gasteiger partial charge in [-0.05, 0) is 50.7 Å². The largest absolute Gasteiger partial charge is 0.345 e. The third-order valence-electron chi connectivity index (χ3n) is 6.08. The lowest BCUT2D eigenvalue weighted by Gasteiger charge is -2.33. The van der Waals surface area contributed by atoms with Gasteiger partial charge in [-0.15, -0.1) is 0 Å². The van der Waals surface area contributed by atoms with Gasteiger partial charge in [-0.1, -0.05) is 25.0 Å². The number of piperidine rings is 1. The van der Waals surface area contributed by atoms with E-state index in [1.54, 1.807) is 12.1 Å². The Morgan fingerprint density at radius 3 is 2.14 bits per heavy atom. The van der Waals surface area contributed by atoms with E-state index >= 15 is 0 Å². The molecule has 1 amide bonds. The van der Waals surface area contributed by atoms with Crippen molar-refractivity contribution in [3.05, 3.63) is 29.8 Å². The van der Waals surface area contributed by atoms with Crippen LogP contribution in [0, 0.1) is 11.8 Å². The second-order valence-electron chi connectivity index (χ2n) is 8.13. The maximum atomic E-state index is 12.9. The van der Waals surface area contributed by atoms with Crippen molar-refractivity contribution in [2.24, 2.45) is 11.8 Å². The molecule has 0 N–H and O–H groups in total. The number of hydrogen-bond acceptors (Lipinski definition) is 4. The van der Waals surface area contributed by atoms with Gasteiger partial charge in [0.2, 0.25) is 15.9 Å². The van der Waals surface area contributed by atoms with E-state index in [0.29, 0.717) is 37.4 Å². The Hall–Kier alpha value is -1.73. The van der Waals surface area contributed by atoms with Crippen LogP contribution in [-0.4, -0.2) is 56.0 Å². The Morgan fingerprint density at radius 1 is 1.04 bits per heavy atom. The molecule has 2 fully saturated rings. The van der Waals surface area contributed by atoms with Gasteiger partial charge in [-0.25, -0.2) is 8.42 Å². The highest BCUT2D eigenvalue weighted by molar-refractivity contribution is 7.89. The van der Waals surface area contributed by atoms with Crippen LogP contribution in [0.4, 0.5) is 0 Å². The quantitative estimate of drug-likeness (QED) is 0.681. The molecule has 6 nitrogen and oxygen atoms in total. The molecule has 0 unspecified atom stereocenters. The second kappa shape index (κ2) is 8.74. The Labute approximate surface area is 167 Å². The zero-order valence-corrected chi connectivity index (χ0v) is 17.6. The fourth-order valence-corrected chi connectivity index (χ4v) is 5.81. The lowest BCUT2D eigenvalue weighted by atomic mass is 9.96. The highest BCUT2D eigenvalue weighted by Gasteiger charge is 2.33. The first-order valence-corrected chi connectivity index (χ1v) is 11.6. The number of rotatable bonds is 6. The average Bonchev–Trinajstić information content (AvgIpc) is 3.20. The van der Waals surface area contributed by atoms with Gasteiger partial charge in [0.25, 0.3) is 0 Å². The molecule has 28 heavy (non-hydrogen) atoms. The molecule has 1 saturated heterocycles. The minimum Gasteiger partial charge on any atom is -0.345 e. The van der Waals surface area contributed by atoms with Crippen LogP contribution in [0.15, 0.2) is 29.2 Å². The van der Waals surface area contributed by atoms with E-state index in [2.05, 4.69) is 0 Å². The molecular weight excluding hydrogens is 376 g/mol. The number of nitrogens with zero attached hydrogens (tertiary/aromatic N) is 2.